The first-order valence-electron chi connectivity index (χ1n) is 8.20. The van der Waals surface area contributed by atoms with E-state index in [-0.39, 0.29) is 0 Å². The molecule has 0 bridgehead atoms. The van der Waals surface area contributed by atoms with Gasteiger partial charge in [-0.05, 0) is 31.7 Å². The van der Waals surface area contributed by atoms with Gasteiger partial charge in [-0.1, -0.05) is 30.8 Å². The number of anilines is 2. The van der Waals surface area contributed by atoms with Crippen molar-refractivity contribution in [1.29, 1.82) is 5.26 Å². The fourth-order valence-electron chi connectivity index (χ4n) is 3.11. The zero-order valence-electron chi connectivity index (χ0n) is 14.3. The first-order valence-corrected chi connectivity index (χ1v) is 10.00. The molecule has 0 fully saturated rings. The third-order valence-electron chi connectivity index (χ3n) is 4.17. The Labute approximate surface area is 155 Å². The maximum absolute atomic E-state index is 9.63. The minimum atomic E-state index is 0.567. The summed E-state index contributed by atoms with van der Waals surface area (Å²) in [6.45, 7) is 7.03. The lowest BCUT2D eigenvalue weighted by atomic mass is 10.2. The molecule has 5 nitrogen and oxygen atoms in total. The fourth-order valence-corrected chi connectivity index (χ4v) is 4.94. The van der Waals surface area contributed by atoms with Crippen LogP contribution in [0.5, 0.6) is 0 Å². The number of para-hydroxylation sites is 1. The van der Waals surface area contributed by atoms with Crippen LogP contribution in [0.1, 0.15) is 25.1 Å². The van der Waals surface area contributed by atoms with Gasteiger partial charge in [-0.3, -0.25) is 0 Å². The highest BCUT2D eigenvalue weighted by Crippen LogP contribution is 2.49. The summed E-state index contributed by atoms with van der Waals surface area (Å²) in [6.07, 6.45) is 0. The largest absolute Gasteiger partial charge is 0.324 e. The zero-order valence-corrected chi connectivity index (χ0v) is 15.9. The van der Waals surface area contributed by atoms with E-state index in [1.54, 1.807) is 23.5 Å². The highest BCUT2D eigenvalue weighted by atomic mass is 32.2. The Bertz CT molecular complexity index is 1020. The van der Waals surface area contributed by atoms with Crippen molar-refractivity contribution in [3.05, 3.63) is 35.5 Å². The predicted molar refractivity (Wildman–Crippen MR) is 102 cm³/mol. The minimum Gasteiger partial charge on any atom is -0.324 e. The molecule has 0 radical (unpaired) electrons. The quantitative estimate of drug-likeness (QED) is 0.628. The standard InChI is InChI=1S/C18H17N5S2/c1-4-22-13-8-6-7-9-14(13)25-15-11(3)20-16-12(10-19)17(24-5-2)21-23(16)18(15)22/h6-9H,4-5H2,1-3H3. The van der Waals surface area contributed by atoms with Gasteiger partial charge >= 0.3 is 0 Å². The molecular weight excluding hydrogens is 350 g/mol. The van der Waals surface area contributed by atoms with Crippen LogP contribution in [0.25, 0.3) is 5.65 Å². The summed E-state index contributed by atoms with van der Waals surface area (Å²) in [6, 6.07) is 10.7. The van der Waals surface area contributed by atoms with Crippen LogP contribution in [0.3, 0.4) is 0 Å². The predicted octanol–water partition coefficient (Wildman–Crippen LogP) is 4.64. The molecule has 0 spiro atoms. The topological polar surface area (TPSA) is 57.2 Å². The Balaban J connectivity index is 2.06. The normalized spacial score (nSPS) is 12.8. The minimum absolute atomic E-state index is 0.567. The molecule has 126 valence electrons. The van der Waals surface area contributed by atoms with Crippen LogP contribution in [-0.2, 0) is 0 Å². The van der Waals surface area contributed by atoms with Gasteiger partial charge < -0.3 is 4.90 Å². The number of fused-ring (bicyclic) bond motifs is 4. The van der Waals surface area contributed by atoms with E-state index < -0.39 is 0 Å². The van der Waals surface area contributed by atoms with Crippen molar-refractivity contribution < 1.29 is 0 Å². The molecule has 7 heteroatoms. The summed E-state index contributed by atoms with van der Waals surface area (Å²) in [5.74, 6) is 1.88. The van der Waals surface area contributed by atoms with Crippen LogP contribution >= 0.6 is 23.5 Å². The molecular formula is C18H17N5S2. The third kappa shape index (κ3) is 2.40. The fraction of sp³-hybridized carbons (Fsp3) is 0.278. The number of hydrogen-bond donors (Lipinski definition) is 0. The number of hydrogen-bond acceptors (Lipinski definition) is 6. The monoisotopic (exact) mass is 367 g/mol. The van der Waals surface area contributed by atoms with Gasteiger partial charge in [-0.25, -0.2) is 4.98 Å². The van der Waals surface area contributed by atoms with Crippen molar-refractivity contribution >= 4 is 40.7 Å². The van der Waals surface area contributed by atoms with Crippen molar-refractivity contribution in [2.45, 2.75) is 35.6 Å². The molecule has 4 rings (SSSR count). The molecule has 2 aromatic heterocycles. The Morgan fingerprint density at radius 3 is 2.80 bits per heavy atom. The van der Waals surface area contributed by atoms with Crippen LogP contribution in [0.15, 0.2) is 39.1 Å². The second kappa shape index (κ2) is 6.28. The molecule has 3 aromatic rings. The Hall–Kier alpha value is -2.17. The average Bonchev–Trinajstić information content (AvgIpc) is 2.97. The van der Waals surface area contributed by atoms with Gasteiger partial charge in [0.2, 0.25) is 0 Å². The summed E-state index contributed by atoms with van der Waals surface area (Å²) >= 11 is 3.31. The van der Waals surface area contributed by atoms with Crippen LogP contribution in [0.4, 0.5) is 11.5 Å². The molecule has 0 amide bonds. The van der Waals surface area contributed by atoms with Gasteiger partial charge in [0, 0.05) is 11.4 Å². The second-order valence-corrected chi connectivity index (χ2v) is 7.93. The number of aryl methyl sites for hydroxylation is 1. The Morgan fingerprint density at radius 2 is 2.08 bits per heavy atom. The lowest BCUT2D eigenvalue weighted by Crippen LogP contribution is -2.24. The van der Waals surface area contributed by atoms with E-state index in [1.807, 2.05) is 11.4 Å². The lowest BCUT2D eigenvalue weighted by molar-refractivity contribution is 0.811. The Kier molecular flexibility index (Phi) is 4.10. The number of rotatable bonds is 3. The van der Waals surface area contributed by atoms with Crippen molar-refractivity contribution in [2.75, 3.05) is 17.2 Å². The SMILES string of the molecule is CCSc1nn2c3c(c(C)nc2c1C#N)Sc1ccccc1N3CC. The smallest absolute Gasteiger partial charge is 0.176 e. The lowest BCUT2D eigenvalue weighted by Gasteiger charge is -2.32. The van der Waals surface area contributed by atoms with Crippen LogP contribution < -0.4 is 4.90 Å². The van der Waals surface area contributed by atoms with Crippen molar-refractivity contribution in [3.63, 3.8) is 0 Å². The summed E-state index contributed by atoms with van der Waals surface area (Å²) < 4.78 is 1.85. The number of nitrogens with zero attached hydrogens (tertiary/aromatic N) is 5. The number of nitriles is 1. The first kappa shape index (κ1) is 16.3. The number of thioether (sulfide) groups is 1. The van der Waals surface area contributed by atoms with Crippen LogP contribution in [0.2, 0.25) is 0 Å². The van der Waals surface area contributed by atoms with Crippen molar-refractivity contribution in [3.8, 4) is 6.07 Å². The van der Waals surface area contributed by atoms with Gasteiger partial charge in [-0.2, -0.15) is 14.9 Å². The average molecular weight is 368 g/mol. The van der Waals surface area contributed by atoms with E-state index in [4.69, 9.17) is 10.1 Å². The molecule has 0 saturated heterocycles. The summed E-state index contributed by atoms with van der Waals surface area (Å²) in [5, 5.41) is 15.1. The Morgan fingerprint density at radius 1 is 1.28 bits per heavy atom. The number of benzene rings is 1. The van der Waals surface area contributed by atoms with E-state index in [9.17, 15) is 5.26 Å². The van der Waals surface area contributed by atoms with Gasteiger partial charge in [0.25, 0.3) is 0 Å². The second-order valence-electron chi connectivity index (χ2n) is 5.62. The third-order valence-corrected chi connectivity index (χ3v) is 6.26. The number of aromatic nitrogens is 3. The highest BCUT2D eigenvalue weighted by Gasteiger charge is 2.29. The molecule has 3 heterocycles. The van der Waals surface area contributed by atoms with Crippen LogP contribution in [0, 0.1) is 18.3 Å². The van der Waals surface area contributed by atoms with E-state index >= 15 is 0 Å². The molecule has 1 aliphatic rings. The van der Waals surface area contributed by atoms with Gasteiger partial charge in [-0.15, -0.1) is 11.8 Å². The molecule has 0 aliphatic carbocycles. The van der Waals surface area contributed by atoms with E-state index in [2.05, 4.69) is 49.1 Å². The zero-order chi connectivity index (χ0) is 17.6. The maximum Gasteiger partial charge on any atom is 0.176 e. The summed E-state index contributed by atoms with van der Waals surface area (Å²) in [7, 11) is 0. The van der Waals surface area contributed by atoms with Gasteiger partial charge in [0.15, 0.2) is 11.5 Å². The molecule has 1 aliphatic heterocycles. The van der Waals surface area contributed by atoms with Gasteiger partial charge in [0.1, 0.15) is 16.7 Å². The van der Waals surface area contributed by atoms with Crippen molar-refractivity contribution in [2.24, 2.45) is 0 Å². The van der Waals surface area contributed by atoms with E-state index in [1.165, 1.54) is 10.6 Å². The molecule has 0 unspecified atom stereocenters. The molecule has 1 aromatic carbocycles. The summed E-state index contributed by atoms with van der Waals surface area (Å²) in [5.41, 5.74) is 3.32. The van der Waals surface area contributed by atoms with Crippen LogP contribution in [-0.4, -0.2) is 26.9 Å². The highest BCUT2D eigenvalue weighted by molar-refractivity contribution is 8.00. The molecule has 0 saturated carbocycles. The summed E-state index contributed by atoms with van der Waals surface area (Å²) in [4.78, 5) is 9.31. The molecule has 0 N–H and O–H groups in total. The molecule has 0 atom stereocenters. The van der Waals surface area contributed by atoms with E-state index in [0.29, 0.717) is 11.2 Å². The van der Waals surface area contributed by atoms with Crippen molar-refractivity contribution in [1.82, 2.24) is 14.6 Å². The maximum atomic E-state index is 9.63. The van der Waals surface area contributed by atoms with Gasteiger partial charge in [0.05, 0.1) is 16.3 Å². The first-order chi connectivity index (χ1) is 12.2. The van der Waals surface area contributed by atoms with E-state index in [0.717, 1.165) is 33.7 Å². The molecule has 25 heavy (non-hydrogen) atoms.